The molecular weight excluding hydrogens is 565 g/mol. The molecule has 1 fully saturated rings. The number of hydrogen-bond acceptors (Lipinski definition) is 6. The van der Waals surface area contributed by atoms with Crippen molar-refractivity contribution in [3.63, 3.8) is 0 Å². The fraction of sp³-hybridized carbons (Fsp3) is 0.455. The van der Waals surface area contributed by atoms with Gasteiger partial charge in [0, 0.05) is 25.0 Å². The second kappa shape index (κ2) is 15.5. The minimum absolute atomic E-state index is 0.153. The van der Waals surface area contributed by atoms with Crippen LogP contribution in [0.15, 0.2) is 60.8 Å². The number of anilines is 1. The van der Waals surface area contributed by atoms with Gasteiger partial charge in [-0.3, -0.25) is 19.2 Å². The van der Waals surface area contributed by atoms with E-state index >= 15 is 0 Å². The number of rotatable bonds is 11. The van der Waals surface area contributed by atoms with E-state index in [0.29, 0.717) is 30.8 Å². The molecule has 0 aliphatic carbocycles. The Balaban J connectivity index is 1.80. The highest BCUT2D eigenvalue weighted by Gasteiger charge is 2.39. The summed E-state index contributed by atoms with van der Waals surface area (Å²) in [5.41, 5.74) is 0.681. The van der Waals surface area contributed by atoms with Crippen LogP contribution in [0.1, 0.15) is 46.1 Å². The third-order valence-corrected chi connectivity index (χ3v) is 7.65. The van der Waals surface area contributed by atoms with E-state index in [2.05, 4.69) is 16.0 Å². The van der Waals surface area contributed by atoms with Crippen LogP contribution in [0.5, 0.6) is 5.75 Å². The predicted molar refractivity (Wildman–Crippen MR) is 167 cm³/mol. The average Bonchev–Trinajstić information content (AvgIpc) is 3.48. The lowest BCUT2D eigenvalue weighted by atomic mass is 9.85. The lowest BCUT2D eigenvalue weighted by molar-refractivity contribution is -0.141. The molecule has 1 unspecified atom stereocenters. The van der Waals surface area contributed by atoms with Crippen LogP contribution in [-0.2, 0) is 25.6 Å². The monoisotopic (exact) mass is 609 g/mol. The fourth-order valence-electron chi connectivity index (χ4n) is 4.82. The van der Waals surface area contributed by atoms with Gasteiger partial charge in [0.2, 0.25) is 11.8 Å². The molecule has 0 radical (unpaired) electrons. The van der Waals surface area contributed by atoms with Crippen LogP contribution in [0.3, 0.4) is 0 Å². The van der Waals surface area contributed by atoms with E-state index in [1.807, 2.05) is 20.8 Å². The molecule has 0 spiro atoms. The van der Waals surface area contributed by atoms with E-state index < -0.39 is 29.3 Å². The highest BCUT2D eigenvalue weighted by molar-refractivity contribution is 6.39. The number of benzene rings is 2. The summed E-state index contributed by atoms with van der Waals surface area (Å²) in [6.07, 6.45) is 5.09. The molecule has 0 saturated carbocycles. The topological polar surface area (TPSA) is 120 Å². The van der Waals surface area contributed by atoms with E-state index in [1.54, 1.807) is 67.5 Å². The zero-order valence-corrected chi connectivity index (χ0v) is 26.4. The van der Waals surface area contributed by atoms with Gasteiger partial charge in [-0.2, -0.15) is 0 Å². The summed E-state index contributed by atoms with van der Waals surface area (Å²) in [7, 11) is 3.21. The van der Waals surface area contributed by atoms with Crippen molar-refractivity contribution in [2.45, 2.75) is 65.1 Å². The van der Waals surface area contributed by atoms with E-state index in [9.17, 15) is 23.6 Å². The molecule has 3 N–H and O–H groups in total. The summed E-state index contributed by atoms with van der Waals surface area (Å²) < 4.78 is 18.6. The largest absolute Gasteiger partial charge is 0.497 e. The van der Waals surface area contributed by atoms with E-state index in [0.717, 1.165) is 12.0 Å². The van der Waals surface area contributed by atoms with Crippen molar-refractivity contribution in [2.24, 2.45) is 5.41 Å². The number of methoxy groups -OCH3 is 1. The van der Waals surface area contributed by atoms with Gasteiger partial charge < -0.3 is 30.5 Å². The van der Waals surface area contributed by atoms with Gasteiger partial charge in [0.25, 0.3) is 0 Å². The summed E-state index contributed by atoms with van der Waals surface area (Å²) in [5, 5.41) is 8.42. The van der Waals surface area contributed by atoms with Crippen molar-refractivity contribution < 1.29 is 28.3 Å². The van der Waals surface area contributed by atoms with Crippen molar-refractivity contribution in [3.8, 4) is 5.75 Å². The minimum Gasteiger partial charge on any atom is -0.497 e. The Bertz CT molecular complexity index is 1320. The molecule has 0 bridgehead atoms. The summed E-state index contributed by atoms with van der Waals surface area (Å²) in [6.45, 7) is 8.08. The van der Waals surface area contributed by atoms with Gasteiger partial charge in [-0.1, -0.05) is 32.9 Å². The van der Waals surface area contributed by atoms with Crippen molar-refractivity contribution >= 4 is 29.3 Å². The average molecular weight is 610 g/mol. The Hall–Kier alpha value is -4.25. The van der Waals surface area contributed by atoms with E-state index in [-0.39, 0.29) is 30.2 Å². The van der Waals surface area contributed by atoms with Crippen LogP contribution in [0.2, 0.25) is 0 Å². The Kier molecular flexibility index (Phi) is 12.0. The molecule has 2 aromatic carbocycles. The molecule has 11 heteroatoms. The maximum atomic E-state index is 13.8. The molecule has 3 atom stereocenters. The molecule has 4 amide bonds. The van der Waals surface area contributed by atoms with Gasteiger partial charge in [-0.25, -0.2) is 4.39 Å². The third kappa shape index (κ3) is 9.37. The zero-order valence-electron chi connectivity index (χ0n) is 26.4. The van der Waals surface area contributed by atoms with Crippen molar-refractivity contribution in [3.05, 3.63) is 72.2 Å². The Labute approximate surface area is 259 Å². The van der Waals surface area contributed by atoms with Gasteiger partial charge in [-0.15, -0.1) is 0 Å². The van der Waals surface area contributed by atoms with Gasteiger partial charge in [0.15, 0.2) is 0 Å². The number of carbonyl (C=O) groups excluding carboxylic acids is 4. The van der Waals surface area contributed by atoms with Gasteiger partial charge in [-0.05, 0) is 86.7 Å². The highest BCUT2D eigenvalue weighted by atomic mass is 19.1. The van der Waals surface area contributed by atoms with Gasteiger partial charge in [0.1, 0.15) is 17.6 Å². The number of halogens is 1. The second-order valence-electron chi connectivity index (χ2n) is 12.0. The van der Waals surface area contributed by atoms with Crippen molar-refractivity contribution in [2.75, 3.05) is 32.6 Å². The summed E-state index contributed by atoms with van der Waals surface area (Å²) in [4.78, 5) is 55.9. The Morgan fingerprint density at radius 1 is 1.09 bits per heavy atom. The normalized spacial score (nSPS) is 16.3. The number of ether oxygens (including phenoxy) is 1. The van der Waals surface area contributed by atoms with Crippen LogP contribution in [-0.4, -0.2) is 78.8 Å². The summed E-state index contributed by atoms with van der Waals surface area (Å²) in [5.74, 6) is -1.84. The molecule has 2 aromatic rings. The molecule has 1 aliphatic heterocycles. The minimum atomic E-state index is -0.826. The van der Waals surface area contributed by atoms with Crippen LogP contribution >= 0.6 is 0 Å². The number of amides is 4. The number of likely N-dealkylation sites (N-methyl/N-ethyl adjacent to an activating group) is 1. The predicted octanol–water partition coefficient (Wildman–Crippen LogP) is 3.49. The number of nitrogens with one attached hydrogen (secondary N) is 3. The van der Waals surface area contributed by atoms with Gasteiger partial charge in [0.05, 0.1) is 19.2 Å². The first-order valence-corrected chi connectivity index (χ1v) is 14.8. The number of hydrogen-bond donors (Lipinski definition) is 3. The highest BCUT2D eigenvalue weighted by Crippen LogP contribution is 2.26. The first-order valence-electron chi connectivity index (χ1n) is 14.8. The van der Waals surface area contributed by atoms with Gasteiger partial charge >= 0.3 is 11.8 Å². The zero-order chi connectivity index (χ0) is 32.4. The quantitative estimate of drug-likeness (QED) is 0.336. The maximum absolute atomic E-state index is 13.8. The first kappa shape index (κ1) is 34.2. The molecule has 1 aliphatic rings. The molecule has 0 aromatic heterocycles. The number of carbonyl (C=O) groups is 4. The molecule has 3 rings (SSSR count). The van der Waals surface area contributed by atoms with Crippen molar-refractivity contribution in [1.82, 2.24) is 20.4 Å². The molecule has 238 valence electrons. The first-order chi connectivity index (χ1) is 20.8. The summed E-state index contributed by atoms with van der Waals surface area (Å²) in [6, 6.07) is 11.0. The third-order valence-electron chi connectivity index (χ3n) is 7.65. The molecule has 44 heavy (non-hydrogen) atoms. The second-order valence-corrected chi connectivity index (χ2v) is 12.0. The van der Waals surface area contributed by atoms with Crippen LogP contribution < -0.4 is 20.7 Å². The SMILES string of the molecule is CN[C@@H](C)C(=O)N[C@H](C(=O)N1CCCC1/C=C\N(CCc1ccc(F)cc1)C(=O)C(=O)Nc1ccc(OC)cc1)C(C)(C)C. The molecule has 1 saturated heterocycles. The number of nitrogens with zero attached hydrogens (tertiary/aromatic N) is 2. The number of likely N-dealkylation sites (tertiary alicyclic amines) is 1. The molecule has 10 nitrogen and oxygen atoms in total. The smallest absolute Gasteiger partial charge is 0.316 e. The van der Waals surface area contributed by atoms with Crippen LogP contribution in [0.4, 0.5) is 10.1 Å². The Morgan fingerprint density at radius 3 is 2.34 bits per heavy atom. The lowest BCUT2D eigenvalue weighted by Gasteiger charge is -2.35. The van der Waals surface area contributed by atoms with E-state index in [1.165, 1.54) is 24.1 Å². The molecular formula is C33H44FN5O5. The maximum Gasteiger partial charge on any atom is 0.316 e. The standard InChI is InChI=1S/C33H44FN5O5/c1-22(35-5)29(40)37-28(33(2,3)4)31(42)39-19-7-8-26(39)18-21-38(20-17-23-9-11-24(34)12-10-23)32(43)30(41)36-25-13-15-27(44-6)16-14-25/h9-16,18,21-22,26,28,35H,7-8,17,19-20H2,1-6H3,(H,36,41)(H,37,40)/b21-18-/t22-,26?,28+/m0/s1. The summed E-state index contributed by atoms with van der Waals surface area (Å²) >= 11 is 0. The van der Waals surface area contributed by atoms with Crippen LogP contribution in [0.25, 0.3) is 0 Å². The van der Waals surface area contributed by atoms with Crippen molar-refractivity contribution in [1.29, 1.82) is 0 Å². The Morgan fingerprint density at radius 2 is 1.75 bits per heavy atom. The lowest BCUT2D eigenvalue weighted by Crippen LogP contribution is -2.58. The van der Waals surface area contributed by atoms with E-state index in [4.69, 9.17) is 4.74 Å². The van der Waals surface area contributed by atoms with Crippen LogP contribution in [0, 0.1) is 11.2 Å². The fourth-order valence-corrected chi connectivity index (χ4v) is 4.82. The molecule has 1 heterocycles.